The minimum atomic E-state index is -1.12. The summed E-state index contributed by atoms with van der Waals surface area (Å²) in [6.45, 7) is 1.61. The van der Waals surface area contributed by atoms with Crippen molar-refractivity contribution in [2.75, 3.05) is 0 Å². The molecule has 1 rings (SSSR count). The summed E-state index contributed by atoms with van der Waals surface area (Å²) in [5, 5.41) is 8.28. The Morgan fingerprint density at radius 3 is 2.73 bits per heavy atom. The quantitative estimate of drug-likeness (QED) is 0.440. The number of ether oxygens (including phenoxy) is 1. The molecule has 0 atom stereocenters. The van der Waals surface area contributed by atoms with Gasteiger partial charge in [0.25, 0.3) is 0 Å². The van der Waals surface area contributed by atoms with Gasteiger partial charge < -0.3 is 9.84 Å². The van der Waals surface area contributed by atoms with Gasteiger partial charge in [-0.05, 0) is 12.5 Å². The summed E-state index contributed by atoms with van der Waals surface area (Å²) >= 11 is 0. The Balaban J connectivity index is 2.87. The molecule has 0 amide bonds. The van der Waals surface area contributed by atoms with Gasteiger partial charge in [0, 0.05) is 6.08 Å². The van der Waals surface area contributed by atoms with Crippen LogP contribution in [-0.4, -0.2) is 17.0 Å². The van der Waals surface area contributed by atoms with E-state index in [9.17, 15) is 9.59 Å². The molecule has 0 saturated carbocycles. The highest BCUT2D eigenvalue weighted by molar-refractivity contribution is 5.90. The molecule has 0 aromatic heterocycles. The molecular weight excluding hydrogens is 148 g/mol. The van der Waals surface area contributed by atoms with Crippen molar-refractivity contribution in [3.8, 4) is 0 Å². The standard InChI is InChI=1S/C7H6O4/c1-4-2-7(10)11-5(4)3-6(8)9/h2-3H,1H3,(H,8,9)/b5-3-. The first-order valence-corrected chi connectivity index (χ1v) is 2.94. The Labute approximate surface area is 62.8 Å². The van der Waals surface area contributed by atoms with Crippen molar-refractivity contribution in [1.82, 2.24) is 0 Å². The van der Waals surface area contributed by atoms with E-state index >= 15 is 0 Å². The average molecular weight is 154 g/mol. The molecule has 0 spiro atoms. The van der Waals surface area contributed by atoms with Gasteiger partial charge in [0.1, 0.15) is 5.76 Å². The average Bonchev–Trinajstić information content (AvgIpc) is 2.09. The topological polar surface area (TPSA) is 63.6 Å². The number of allylic oxidation sites excluding steroid dienone is 1. The Bertz CT molecular complexity index is 272. The number of aliphatic carboxylic acids is 1. The van der Waals surface area contributed by atoms with E-state index in [0.717, 1.165) is 6.08 Å². The third-order valence-corrected chi connectivity index (χ3v) is 1.19. The van der Waals surface area contributed by atoms with Gasteiger partial charge in [-0.15, -0.1) is 0 Å². The lowest BCUT2D eigenvalue weighted by Crippen LogP contribution is -1.95. The van der Waals surface area contributed by atoms with Crippen LogP contribution in [0.1, 0.15) is 6.92 Å². The van der Waals surface area contributed by atoms with E-state index < -0.39 is 11.9 Å². The van der Waals surface area contributed by atoms with Gasteiger partial charge in [-0.2, -0.15) is 0 Å². The molecule has 0 aromatic rings. The fourth-order valence-electron chi connectivity index (χ4n) is 0.722. The Morgan fingerprint density at radius 2 is 2.36 bits per heavy atom. The molecule has 0 aromatic carbocycles. The third-order valence-electron chi connectivity index (χ3n) is 1.19. The van der Waals surface area contributed by atoms with Gasteiger partial charge in [-0.3, -0.25) is 0 Å². The lowest BCUT2D eigenvalue weighted by atomic mass is 10.2. The Kier molecular flexibility index (Phi) is 1.76. The normalized spacial score (nSPS) is 19.9. The zero-order valence-corrected chi connectivity index (χ0v) is 5.83. The van der Waals surface area contributed by atoms with Gasteiger partial charge >= 0.3 is 11.9 Å². The van der Waals surface area contributed by atoms with Gasteiger partial charge in [-0.1, -0.05) is 0 Å². The summed E-state index contributed by atoms with van der Waals surface area (Å²) in [5.41, 5.74) is 0.539. The van der Waals surface area contributed by atoms with Crippen molar-refractivity contribution in [3.63, 3.8) is 0 Å². The molecule has 0 radical (unpaired) electrons. The van der Waals surface area contributed by atoms with Crippen LogP contribution in [-0.2, 0) is 14.3 Å². The second-order valence-corrected chi connectivity index (χ2v) is 2.10. The van der Waals surface area contributed by atoms with Crippen molar-refractivity contribution >= 4 is 11.9 Å². The number of carbonyl (C=O) groups is 2. The summed E-state index contributed by atoms with van der Waals surface area (Å²) in [7, 11) is 0. The monoisotopic (exact) mass is 154 g/mol. The molecule has 1 aliphatic heterocycles. The molecule has 0 unspecified atom stereocenters. The molecule has 0 bridgehead atoms. The minimum absolute atomic E-state index is 0.113. The van der Waals surface area contributed by atoms with Gasteiger partial charge in [0.2, 0.25) is 0 Å². The van der Waals surface area contributed by atoms with E-state index in [1.807, 2.05) is 0 Å². The van der Waals surface area contributed by atoms with Gasteiger partial charge in [0.05, 0.1) is 6.08 Å². The fourth-order valence-corrected chi connectivity index (χ4v) is 0.722. The highest BCUT2D eigenvalue weighted by Gasteiger charge is 2.16. The number of rotatable bonds is 1. The van der Waals surface area contributed by atoms with E-state index in [-0.39, 0.29) is 5.76 Å². The van der Waals surface area contributed by atoms with Crippen molar-refractivity contribution in [1.29, 1.82) is 0 Å². The number of carboxylic acid groups (broad SMARTS) is 1. The van der Waals surface area contributed by atoms with Crippen LogP contribution in [0.4, 0.5) is 0 Å². The van der Waals surface area contributed by atoms with E-state index in [2.05, 4.69) is 4.74 Å². The molecule has 0 aliphatic carbocycles. The Morgan fingerprint density at radius 1 is 1.73 bits per heavy atom. The number of carboxylic acids is 1. The predicted octanol–water partition coefficient (Wildman–Crippen LogP) is 0.458. The summed E-state index contributed by atoms with van der Waals surface area (Å²) in [6, 6.07) is 0. The molecular formula is C7H6O4. The van der Waals surface area contributed by atoms with Crippen molar-refractivity contribution in [2.45, 2.75) is 6.92 Å². The van der Waals surface area contributed by atoms with Crippen molar-refractivity contribution < 1.29 is 19.4 Å². The van der Waals surface area contributed by atoms with E-state index in [1.54, 1.807) is 6.92 Å². The van der Waals surface area contributed by atoms with Crippen molar-refractivity contribution in [3.05, 3.63) is 23.5 Å². The first kappa shape index (κ1) is 7.53. The molecule has 11 heavy (non-hydrogen) atoms. The summed E-state index contributed by atoms with van der Waals surface area (Å²) < 4.78 is 4.53. The summed E-state index contributed by atoms with van der Waals surface area (Å²) in [5.74, 6) is -1.53. The zero-order chi connectivity index (χ0) is 8.43. The maximum atomic E-state index is 10.5. The van der Waals surface area contributed by atoms with Crippen LogP contribution < -0.4 is 0 Å². The zero-order valence-electron chi connectivity index (χ0n) is 5.83. The number of hydrogen-bond acceptors (Lipinski definition) is 3. The first-order chi connectivity index (χ1) is 5.09. The van der Waals surface area contributed by atoms with Crippen LogP contribution in [0.15, 0.2) is 23.5 Å². The molecule has 1 N–H and O–H groups in total. The number of cyclic esters (lactones) is 1. The van der Waals surface area contributed by atoms with Gasteiger partial charge in [-0.25, -0.2) is 9.59 Å². The highest BCUT2D eigenvalue weighted by atomic mass is 16.5. The maximum Gasteiger partial charge on any atom is 0.336 e. The second kappa shape index (κ2) is 2.57. The molecule has 1 aliphatic rings. The van der Waals surface area contributed by atoms with E-state index in [0.29, 0.717) is 5.57 Å². The lowest BCUT2D eigenvalue weighted by Gasteiger charge is -1.94. The number of hydrogen-bond donors (Lipinski definition) is 1. The SMILES string of the molecule is CC1=CC(=O)O/C1=C\C(=O)O. The third kappa shape index (κ3) is 1.67. The fraction of sp³-hybridized carbons (Fsp3) is 0.143. The second-order valence-electron chi connectivity index (χ2n) is 2.10. The largest absolute Gasteiger partial charge is 0.478 e. The maximum absolute atomic E-state index is 10.5. The molecule has 1 heterocycles. The molecule has 4 heteroatoms. The van der Waals surface area contributed by atoms with Crippen LogP contribution in [0, 0.1) is 0 Å². The molecule has 0 saturated heterocycles. The highest BCUT2D eigenvalue weighted by Crippen LogP contribution is 2.17. The van der Waals surface area contributed by atoms with Crippen LogP contribution >= 0.6 is 0 Å². The van der Waals surface area contributed by atoms with Crippen LogP contribution in [0.3, 0.4) is 0 Å². The Hall–Kier alpha value is -1.58. The molecule has 58 valence electrons. The first-order valence-electron chi connectivity index (χ1n) is 2.94. The summed E-state index contributed by atoms with van der Waals surface area (Å²) in [4.78, 5) is 20.6. The van der Waals surface area contributed by atoms with Crippen LogP contribution in [0.25, 0.3) is 0 Å². The number of carbonyl (C=O) groups excluding carboxylic acids is 1. The van der Waals surface area contributed by atoms with Crippen LogP contribution in [0.5, 0.6) is 0 Å². The van der Waals surface area contributed by atoms with Crippen molar-refractivity contribution in [2.24, 2.45) is 0 Å². The number of esters is 1. The van der Waals surface area contributed by atoms with Gasteiger partial charge in [0.15, 0.2) is 0 Å². The van der Waals surface area contributed by atoms with E-state index in [4.69, 9.17) is 5.11 Å². The minimum Gasteiger partial charge on any atom is -0.478 e. The molecule has 0 fully saturated rings. The molecule has 4 nitrogen and oxygen atoms in total. The van der Waals surface area contributed by atoms with Crippen LogP contribution in [0.2, 0.25) is 0 Å². The summed E-state index contributed by atoms with van der Waals surface area (Å²) in [6.07, 6.45) is 2.10. The lowest BCUT2D eigenvalue weighted by molar-refractivity contribution is -0.132. The predicted molar refractivity (Wildman–Crippen MR) is 35.6 cm³/mol. The van der Waals surface area contributed by atoms with E-state index in [1.165, 1.54) is 6.08 Å². The smallest absolute Gasteiger partial charge is 0.336 e.